The zero-order valence-corrected chi connectivity index (χ0v) is 14.4. The first kappa shape index (κ1) is 18.4. The van der Waals surface area contributed by atoms with Gasteiger partial charge in [-0.3, -0.25) is 4.79 Å². The van der Waals surface area contributed by atoms with E-state index in [2.05, 4.69) is 5.32 Å². The topological polar surface area (TPSA) is 58.4 Å². The van der Waals surface area contributed by atoms with Crippen molar-refractivity contribution in [1.82, 2.24) is 5.32 Å². The highest BCUT2D eigenvalue weighted by atomic mass is 19.1. The van der Waals surface area contributed by atoms with E-state index in [0.717, 1.165) is 11.3 Å². The lowest BCUT2D eigenvalue weighted by molar-refractivity contribution is -0.123. The van der Waals surface area contributed by atoms with E-state index in [0.29, 0.717) is 12.0 Å². The Morgan fingerprint density at radius 2 is 1.91 bits per heavy atom. The Morgan fingerprint density at radius 1 is 1.32 bits per heavy atom. The van der Waals surface area contributed by atoms with Gasteiger partial charge in [0.05, 0.1) is 6.04 Å². The molecule has 0 aromatic heterocycles. The van der Waals surface area contributed by atoms with Crippen molar-refractivity contribution in [3.05, 3.63) is 29.1 Å². The zero-order valence-electron chi connectivity index (χ0n) is 14.4. The largest absolute Gasteiger partial charge is 0.378 e. The van der Waals surface area contributed by atoms with Crippen LogP contribution in [0.15, 0.2) is 12.1 Å². The van der Waals surface area contributed by atoms with Crippen molar-refractivity contribution in [2.75, 3.05) is 19.0 Å². The average Bonchev–Trinajstić information content (AvgIpc) is 2.41. The molecule has 2 atom stereocenters. The van der Waals surface area contributed by atoms with E-state index < -0.39 is 6.04 Å². The fourth-order valence-electron chi connectivity index (χ4n) is 2.27. The van der Waals surface area contributed by atoms with Crippen molar-refractivity contribution >= 4 is 11.6 Å². The number of anilines is 1. The smallest absolute Gasteiger partial charge is 0.237 e. The molecule has 124 valence electrons. The van der Waals surface area contributed by atoms with Gasteiger partial charge in [0, 0.05) is 25.8 Å². The molecule has 0 aliphatic rings. The Kier molecular flexibility index (Phi) is 6.35. The first-order valence-electron chi connectivity index (χ1n) is 7.65. The summed E-state index contributed by atoms with van der Waals surface area (Å²) in [5.41, 5.74) is 8.18. The third-order valence-electron chi connectivity index (χ3n) is 3.84. The van der Waals surface area contributed by atoms with Crippen LogP contribution in [0.3, 0.4) is 0 Å². The van der Waals surface area contributed by atoms with E-state index in [-0.39, 0.29) is 23.7 Å². The molecule has 5 heteroatoms. The fraction of sp³-hybridized carbons (Fsp3) is 0.588. The Hall–Kier alpha value is -1.62. The van der Waals surface area contributed by atoms with Gasteiger partial charge in [-0.2, -0.15) is 0 Å². The van der Waals surface area contributed by atoms with E-state index in [4.69, 9.17) is 5.73 Å². The van der Waals surface area contributed by atoms with Crippen molar-refractivity contribution in [3.63, 3.8) is 0 Å². The molecule has 1 aromatic rings. The molecule has 1 aromatic carbocycles. The number of amides is 1. The average molecular weight is 309 g/mol. The Bertz CT molecular complexity index is 506. The first-order valence-corrected chi connectivity index (χ1v) is 7.65. The molecule has 0 aliphatic heterocycles. The maximum absolute atomic E-state index is 14.3. The zero-order chi connectivity index (χ0) is 17.0. The van der Waals surface area contributed by atoms with Crippen LogP contribution in [0, 0.1) is 18.7 Å². The van der Waals surface area contributed by atoms with E-state index in [1.54, 1.807) is 0 Å². The highest BCUT2D eigenvalue weighted by molar-refractivity contribution is 5.82. The summed E-state index contributed by atoms with van der Waals surface area (Å²) in [7, 11) is 3.76. The summed E-state index contributed by atoms with van der Waals surface area (Å²) in [5, 5.41) is 2.86. The van der Waals surface area contributed by atoms with Crippen molar-refractivity contribution in [2.24, 2.45) is 11.7 Å². The molecule has 0 heterocycles. The number of nitrogens with one attached hydrogen (secondary N) is 1. The van der Waals surface area contributed by atoms with Crippen molar-refractivity contribution in [2.45, 2.75) is 46.2 Å². The van der Waals surface area contributed by atoms with Crippen LogP contribution in [-0.4, -0.2) is 32.1 Å². The van der Waals surface area contributed by atoms with Gasteiger partial charge in [0.1, 0.15) is 5.82 Å². The first-order chi connectivity index (χ1) is 10.1. The van der Waals surface area contributed by atoms with E-state index in [9.17, 15) is 9.18 Å². The van der Waals surface area contributed by atoms with Gasteiger partial charge in [0.2, 0.25) is 5.91 Å². The monoisotopic (exact) mass is 309 g/mol. The quantitative estimate of drug-likeness (QED) is 0.847. The summed E-state index contributed by atoms with van der Waals surface area (Å²) >= 11 is 0. The van der Waals surface area contributed by atoms with Crippen LogP contribution < -0.4 is 16.0 Å². The molecule has 0 saturated heterocycles. The number of halogens is 1. The molecule has 0 fully saturated rings. The summed E-state index contributed by atoms with van der Waals surface area (Å²) in [5.74, 6) is -0.353. The molecular formula is C17H28FN3O. The lowest BCUT2D eigenvalue weighted by Gasteiger charge is -2.21. The molecule has 1 amide bonds. The summed E-state index contributed by atoms with van der Waals surface area (Å²) in [6, 6.07) is 2.77. The minimum Gasteiger partial charge on any atom is -0.378 e. The molecule has 0 radical (unpaired) electrons. The van der Waals surface area contributed by atoms with Crippen LogP contribution in [0.4, 0.5) is 10.1 Å². The van der Waals surface area contributed by atoms with E-state index >= 15 is 0 Å². The minimum atomic E-state index is -0.537. The van der Waals surface area contributed by atoms with E-state index in [1.165, 1.54) is 6.07 Å². The summed E-state index contributed by atoms with van der Waals surface area (Å²) in [4.78, 5) is 13.8. The number of nitrogens with zero attached hydrogens (tertiary/aromatic N) is 1. The van der Waals surface area contributed by atoms with Crippen LogP contribution >= 0.6 is 0 Å². The summed E-state index contributed by atoms with van der Waals surface area (Å²) < 4.78 is 14.3. The predicted octanol–water partition coefficient (Wildman–Crippen LogP) is 2.23. The molecule has 1 unspecified atom stereocenters. The van der Waals surface area contributed by atoms with Crippen LogP contribution in [0.1, 0.15) is 31.9 Å². The van der Waals surface area contributed by atoms with Gasteiger partial charge in [0.25, 0.3) is 0 Å². The number of carbonyl (C=O) groups is 1. The number of rotatable bonds is 6. The standard InChI is InChI=1S/C17H28FN3O/c1-10(2)16(19)17(22)20-12(4)8-14-11(3)7-13(21(5)6)9-15(14)18/h7,9-10,12,16H,8,19H2,1-6H3,(H,20,22)/t12?,16-/m1/s1. The highest BCUT2D eigenvalue weighted by Gasteiger charge is 2.20. The van der Waals surface area contributed by atoms with Gasteiger partial charge in [-0.15, -0.1) is 0 Å². The van der Waals surface area contributed by atoms with Crippen LogP contribution in [0.5, 0.6) is 0 Å². The lowest BCUT2D eigenvalue weighted by Crippen LogP contribution is -2.47. The van der Waals surface area contributed by atoms with Gasteiger partial charge < -0.3 is 16.0 Å². The normalized spacial score (nSPS) is 13.9. The molecular weight excluding hydrogens is 281 g/mol. The SMILES string of the molecule is Cc1cc(N(C)C)cc(F)c1CC(C)NC(=O)[C@H](N)C(C)C. The number of aryl methyl sites for hydroxylation is 1. The second kappa shape index (κ2) is 7.58. The van der Waals surface area contributed by atoms with Gasteiger partial charge in [0.15, 0.2) is 0 Å². The van der Waals surface area contributed by atoms with Crippen LogP contribution in [0.2, 0.25) is 0 Å². The molecule has 22 heavy (non-hydrogen) atoms. The van der Waals surface area contributed by atoms with Gasteiger partial charge in [-0.25, -0.2) is 4.39 Å². The maximum Gasteiger partial charge on any atom is 0.237 e. The third-order valence-corrected chi connectivity index (χ3v) is 3.84. The fourth-order valence-corrected chi connectivity index (χ4v) is 2.27. The minimum absolute atomic E-state index is 0.0741. The summed E-state index contributed by atoms with van der Waals surface area (Å²) in [6.45, 7) is 7.56. The molecule has 1 rings (SSSR count). The molecule has 4 nitrogen and oxygen atoms in total. The van der Waals surface area contributed by atoms with Crippen molar-refractivity contribution in [3.8, 4) is 0 Å². The van der Waals surface area contributed by atoms with Gasteiger partial charge in [-0.1, -0.05) is 13.8 Å². The number of hydrogen-bond acceptors (Lipinski definition) is 3. The number of carbonyl (C=O) groups excluding carboxylic acids is 1. The van der Waals surface area contributed by atoms with Crippen molar-refractivity contribution < 1.29 is 9.18 Å². The third kappa shape index (κ3) is 4.70. The van der Waals surface area contributed by atoms with Gasteiger partial charge >= 0.3 is 0 Å². The maximum atomic E-state index is 14.3. The Balaban J connectivity index is 2.81. The second-order valence-electron chi connectivity index (χ2n) is 6.50. The van der Waals surface area contributed by atoms with E-state index in [1.807, 2.05) is 52.8 Å². The van der Waals surface area contributed by atoms with Crippen molar-refractivity contribution in [1.29, 1.82) is 0 Å². The predicted molar refractivity (Wildman–Crippen MR) is 89.6 cm³/mol. The molecule has 0 bridgehead atoms. The highest BCUT2D eigenvalue weighted by Crippen LogP contribution is 2.22. The number of hydrogen-bond donors (Lipinski definition) is 2. The van der Waals surface area contributed by atoms with Gasteiger partial charge in [-0.05, 0) is 49.4 Å². The number of nitrogens with two attached hydrogens (primary N) is 1. The molecule has 0 aliphatic carbocycles. The Morgan fingerprint density at radius 3 is 2.36 bits per heavy atom. The van der Waals surface area contributed by atoms with Crippen LogP contribution in [-0.2, 0) is 11.2 Å². The summed E-state index contributed by atoms with van der Waals surface area (Å²) in [6.07, 6.45) is 0.446. The molecule has 0 spiro atoms. The number of benzene rings is 1. The molecule has 3 N–H and O–H groups in total. The molecule has 0 saturated carbocycles. The Labute approximate surface area is 132 Å². The lowest BCUT2D eigenvalue weighted by atomic mass is 9.99. The second-order valence-corrected chi connectivity index (χ2v) is 6.50. The van der Waals surface area contributed by atoms with Crippen LogP contribution in [0.25, 0.3) is 0 Å².